The zero-order valence-corrected chi connectivity index (χ0v) is 11.8. The van der Waals surface area contributed by atoms with Crippen molar-refractivity contribution >= 4 is 15.7 Å². The first-order valence-corrected chi connectivity index (χ1v) is 8.67. The summed E-state index contributed by atoms with van der Waals surface area (Å²) in [4.78, 5) is 15.6. The average molecular weight is 275 g/mol. The molecule has 18 heavy (non-hydrogen) atoms. The van der Waals surface area contributed by atoms with Crippen molar-refractivity contribution in [2.45, 2.75) is 19.8 Å². The summed E-state index contributed by atoms with van der Waals surface area (Å²) < 4.78 is 22.8. The van der Waals surface area contributed by atoms with Gasteiger partial charge in [-0.1, -0.05) is 6.92 Å². The standard InChI is InChI=1S/C12H22N2O3S/c1-2-4-13-5-7-14(8-6-13)12(15)11-3-9-18(16,17)10-11/h11H,2-10H2,1H3/p+1/t11-/m0/s1. The van der Waals surface area contributed by atoms with Gasteiger partial charge in [0, 0.05) is 0 Å². The van der Waals surface area contributed by atoms with Crippen LogP contribution in [-0.4, -0.2) is 63.5 Å². The van der Waals surface area contributed by atoms with E-state index in [1.807, 2.05) is 4.90 Å². The summed E-state index contributed by atoms with van der Waals surface area (Å²) in [6, 6.07) is 0. The van der Waals surface area contributed by atoms with Crippen LogP contribution in [0.5, 0.6) is 0 Å². The smallest absolute Gasteiger partial charge is 0.227 e. The van der Waals surface area contributed by atoms with Gasteiger partial charge in [-0.05, 0) is 12.8 Å². The molecule has 2 aliphatic rings. The molecule has 1 amide bonds. The first-order chi connectivity index (χ1) is 8.52. The molecule has 1 atom stereocenters. The summed E-state index contributed by atoms with van der Waals surface area (Å²) >= 11 is 0. The maximum Gasteiger partial charge on any atom is 0.227 e. The molecule has 0 aromatic heterocycles. The molecule has 0 aromatic carbocycles. The van der Waals surface area contributed by atoms with E-state index in [2.05, 4.69) is 6.92 Å². The highest BCUT2D eigenvalue weighted by Crippen LogP contribution is 2.20. The van der Waals surface area contributed by atoms with Gasteiger partial charge >= 0.3 is 0 Å². The van der Waals surface area contributed by atoms with Crippen molar-refractivity contribution in [3.63, 3.8) is 0 Å². The number of hydrogen-bond donors (Lipinski definition) is 1. The van der Waals surface area contributed by atoms with E-state index >= 15 is 0 Å². The number of carbonyl (C=O) groups is 1. The molecule has 0 aliphatic carbocycles. The minimum Gasteiger partial charge on any atom is -0.332 e. The van der Waals surface area contributed by atoms with Gasteiger partial charge < -0.3 is 9.80 Å². The molecule has 104 valence electrons. The Hall–Kier alpha value is -0.620. The summed E-state index contributed by atoms with van der Waals surface area (Å²) in [7, 11) is -2.95. The first kappa shape index (κ1) is 13.8. The Balaban J connectivity index is 1.85. The van der Waals surface area contributed by atoms with Crippen molar-refractivity contribution in [1.29, 1.82) is 0 Å². The molecule has 2 saturated heterocycles. The number of rotatable bonds is 3. The molecule has 0 unspecified atom stereocenters. The number of nitrogens with zero attached hydrogens (tertiary/aromatic N) is 1. The van der Waals surface area contributed by atoms with Gasteiger partial charge in [0.2, 0.25) is 5.91 Å². The second kappa shape index (κ2) is 5.57. The van der Waals surface area contributed by atoms with Crippen molar-refractivity contribution in [2.24, 2.45) is 5.92 Å². The normalized spacial score (nSPS) is 28.5. The minimum absolute atomic E-state index is 0.0617. The van der Waals surface area contributed by atoms with Crippen molar-refractivity contribution in [1.82, 2.24) is 4.90 Å². The molecule has 0 saturated carbocycles. The maximum absolute atomic E-state index is 12.2. The molecule has 0 aromatic rings. The van der Waals surface area contributed by atoms with Gasteiger partial charge in [0.05, 0.1) is 50.1 Å². The molecule has 2 heterocycles. The molecule has 0 radical (unpaired) electrons. The van der Waals surface area contributed by atoms with E-state index in [-0.39, 0.29) is 23.3 Å². The van der Waals surface area contributed by atoms with E-state index < -0.39 is 9.84 Å². The summed E-state index contributed by atoms with van der Waals surface area (Å²) in [6.45, 7) is 6.90. The molecule has 0 bridgehead atoms. The zero-order valence-electron chi connectivity index (χ0n) is 11.0. The fraction of sp³-hybridized carbons (Fsp3) is 0.917. The topological polar surface area (TPSA) is 58.9 Å². The number of quaternary nitrogens is 1. The number of piperazine rings is 1. The summed E-state index contributed by atoms with van der Waals surface area (Å²) in [5.74, 6) is 0.0348. The van der Waals surface area contributed by atoms with E-state index in [4.69, 9.17) is 0 Å². The molecular weight excluding hydrogens is 252 g/mol. The Labute approximate surface area is 109 Å². The van der Waals surface area contributed by atoms with Gasteiger partial charge in [-0.2, -0.15) is 0 Å². The van der Waals surface area contributed by atoms with Crippen LogP contribution in [0.2, 0.25) is 0 Å². The van der Waals surface area contributed by atoms with E-state index in [1.54, 1.807) is 4.90 Å². The van der Waals surface area contributed by atoms with Crippen LogP contribution in [-0.2, 0) is 14.6 Å². The second-order valence-corrected chi connectivity index (χ2v) is 7.65. The number of amides is 1. The van der Waals surface area contributed by atoms with Crippen LogP contribution in [0.1, 0.15) is 19.8 Å². The summed E-state index contributed by atoms with van der Waals surface area (Å²) in [6.07, 6.45) is 1.69. The van der Waals surface area contributed by atoms with Gasteiger partial charge in [0.25, 0.3) is 0 Å². The van der Waals surface area contributed by atoms with E-state index in [0.717, 1.165) is 26.2 Å². The van der Waals surface area contributed by atoms with Crippen LogP contribution < -0.4 is 4.90 Å². The Morgan fingerprint density at radius 1 is 1.33 bits per heavy atom. The fourth-order valence-corrected chi connectivity index (χ4v) is 4.63. The Bertz CT molecular complexity index is 400. The zero-order chi connectivity index (χ0) is 13.2. The van der Waals surface area contributed by atoms with Crippen LogP contribution in [0.25, 0.3) is 0 Å². The Morgan fingerprint density at radius 2 is 2.00 bits per heavy atom. The van der Waals surface area contributed by atoms with Crippen LogP contribution >= 0.6 is 0 Å². The van der Waals surface area contributed by atoms with Gasteiger partial charge in [-0.15, -0.1) is 0 Å². The Kier molecular flexibility index (Phi) is 4.27. The second-order valence-electron chi connectivity index (χ2n) is 5.43. The van der Waals surface area contributed by atoms with Crippen LogP contribution in [0.4, 0.5) is 0 Å². The average Bonchev–Trinajstić information content (AvgIpc) is 2.70. The van der Waals surface area contributed by atoms with E-state index in [0.29, 0.717) is 6.42 Å². The minimum atomic E-state index is -2.95. The van der Waals surface area contributed by atoms with Crippen LogP contribution in [0, 0.1) is 5.92 Å². The quantitative estimate of drug-likeness (QED) is 0.686. The molecular formula is C12H23N2O3S+. The van der Waals surface area contributed by atoms with Gasteiger partial charge in [-0.25, -0.2) is 8.42 Å². The first-order valence-electron chi connectivity index (χ1n) is 6.84. The highest BCUT2D eigenvalue weighted by atomic mass is 32.2. The number of carbonyl (C=O) groups excluding carboxylic acids is 1. The third-order valence-electron chi connectivity index (χ3n) is 3.97. The number of nitrogens with one attached hydrogen (secondary N) is 1. The number of sulfone groups is 1. The molecule has 6 heteroatoms. The molecule has 2 rings (SSSR count). The van der Waals surface area contributed by atoms with Crippen LogP contribution in [0.15, 0.2) is 0 Å². The lowest BCUT2D eigenvalue weighted by molar-refractivity contribution is -0.904. The third-order valence-corrected chi connectivity index (χ3v) is 5.74. The highest BCUT2D eigenvalue weighted by molar-refractivity contribution is 7.91. The molecule has 1 N–H and O–H groups in total. The SMILES string of the molecule is CCC[NH+]1CCN(C(=O)[C@H]2CCS(=O)(=O)C2)CC1. The van der Waals surface area contributed by atoms with Crippen molar-refractivity contribution in [2.75, 3.05) is 44.2 Å². The highest BCUT2D eigenvalue weighted by Gasteiger charge is 2.36. The lowest BCUT2D eigenvalue weighted by atomic mass is 10.1. The van der Waals surface area contributed by atoms with Gasteiger partial charge in [0.15, 0.2) is 9.84 Å². The lowest BCUT2D eigenvalue weighted by Crippen LogP contribution is -3.14. The van der Waals surface area contributed by atoms with Crippen molar-refractivity contribution < 1.29 is 18.1 Å². The van der Waals surface area contributed by atoms with E-state index in [9.17, 15) is 13.2 Å². The van der Waals surface area contributed by atoms with Gasteiger partial charge in [-0.3, -0.25) is 4.79 Å². The fourth-order valence-electron chi connectivity index (χ4n) is 2.89. The third kappa shape index (κ3) is 3.23. The monoisotopic (exact) mass is 275 g/mol. The van der Waals surface area contributed by atoms with Crippen molar-refractivity contribution in [3.8, 4) is 0 Å². The van der Waals surface area contributed by atoms with Gasteiger partial charge in [0.1, 0.15) is 0 Å². The molecule has 2 fully saturated rings. The largest absolute Gasteiger partial charge is 0.332 e. The molecule has 0 spiro atoms. The summed E-state index contributed by atoms with van der Waals surface area (Å²) in [5.41, 5.74) is 0. The molecule has 2 aliphatic heterocycles. The predicted octanol–water partition coefficient (Wildman–Crippen LogP) is -1.44. The predicted molar refractivity (Wildman–Crippen MR) is 69.2 cm³/mol. The molecule has 5 nitrogen and oxygen atoms in total. The van der Waals surface area contributed by atoms with E-state index in [1.165, 1.54) is 13.0 Å². The van der Waals surface area contributed by atoms with Crippen molar-refractivity contribution in [3.05, 3.63) is 0 Å². The maximum atomic E-state index is 12.2. The number of hydrogen-bond acceptors (Lipinski definition) is 3. The summed E-state index contributed by atoms with van der Waals surface area (Å²) in [5, 5.41) is 0. The Morgan fingerprint density at radius 3 is 2.50 bits per heavy atom. The van der Waals surface area contributed by atoms with Crippen LogP contribution in [0.3, 0.4) is 0 Å². The lowest BCUT2D eigenvalue weighted by Gasteiger charge is -2.33.